The molecule has 0 saturated heterocycles. The molecule has 0 aliphatic rings. The third-order valence-electron chi connectivity index (χ3n) is 3.21. The number of nitrogens with zero attached hydrogens (tertiary/aromatic N) is 4. The number of hydrogen-bond donors (Lipinski definition) is 2. The van der Waals surface area contributed by atoms with E-state index in [1.807, 2.05) is 5.43 Å². The van der Waals surface area contributed by atoms with E-state index in [1.165, 1.54) is 24.3 Å². The van der Waals surface area contributed by atoms with Crippen LogP contribution in [0.3, 0.4) is 0 Å². The van der Waals surface area contributed by atoms with Gasteiger partial charge in [-0.05, 0) is 17.7 Å². The van der Waals surface area contributed by atoms with Crippen LogP contribution in [0.2, 0.25) is 0 Å². The molecule has 2 rings (SSSR count). The van der Waals surface area contributed by atoms with E-state index in [0.29, 0.717) is 17.7 Å². The summed E-state index contributed by atoms with van der Waals surface area (Å²) in [5, 5.41) is 45.6. The fraction of sp³-hybridized carbons (Fsp3) is 0. The van der Waals surface area contributed by atoms with E-state index in [9.17, 15) is 40.2 Å². The normalized spacial score (nSPS) is 10.5. The lowest BCUT2D eigenvalue weighted by molar-refractivity contribution is -0.394. The lowest BCUT2D eigenvalue weighted by Crippen LogP contribution is -2.18. The molecule has 1 amide bonds. The number of benzene rings is 2. The first kappa shape index (κ1) is 18.9. The number of nitrogens with one attached hydrogen (secondary N) is 1. The molecule has 0 aliphatic carbocycles. The largest absolute Gasteiger partial charge is 0.502 e. The minimum Gasteiger partial charge on any atom is -0.502 e. The highest BCUT2D eigenvalue weighted by Gasteiger charge is 2.27. The number of carbonyl (C=O) groups is 1. The van der Waals surface area contributed by atoms with E-state index in [0.717, 1.165) is 6.21 Å². The number of hydrazone groups is 1. The summed E-state index contributed by atoms with van der Waals surface area (Å²) in [6.45, 7) is 0. The third kappa shape index (κ3) is 4.36. The molecule has 0 atom stereocenters. The third-order valence-corrected chi connectivity index (χ3v) is 3.21. The highest BCUT2D eigenvalue weighted by molar-refractivity contribution is 5.99. The maximum atomic E-state index is 12.0. The van der Waals surface area contributed by atoms with Gasteiger partial charge in [-0.25, -0.2) is 5.43 Å². The van der Waals surface area contributed by atoms with Crippen molar-refractivity contribution in [1.29, 1.82) is 0 Å². The second-order valence-corrected chi connectivity index (χ2v) is 4.92. The molecule has 0 aliphatic heterocycles. The van der Waals surface area contributed by atoms with E-state index >= 15 is 0 Å². The second kappa shape index (κ2) is 7.64. The van der Waals surface area contributed by atoms with Crippen LogP contribution in [-0.2, 0) is 0 Å². The highest BCUT2D eigenvalue weighted by Crippen LogP contribution is 2.34. The van der Waals surface area contributed by atoms with Crippen molar-refractivity contribution in [3.05, 3.63) is 77.9 Å². The molecular formula is C14H9N5O8. The number of phenolic OH excluding ortho intramolecular Hbond substituents is 1. The zero-order chi connectivity index (χ0) is 20.1. The number of nitro benzene ring substituents is 3. The van der Waals surface area contributed by atoms with Gasteiger partial charge in [-0.2, -0.15) is 5.10 Å². The van der Waals surface area contributed by atoms with Crippen molar-refractivity contribution in [2.75, 3.05) is 0 Å². The van der Waals surface area contributed by atoms with E-state index in [4.69, 9.17) is 0 Å². The van der Waals surface area contributed by atoms with E-state index in [2.05, 4.69) is 5.10 Å². The Labute approximate surface area is 149 Å². The summed E-state index contributed by atoms with van der Waals surface area (Å²) in [6.07, 6.45) is 1.12. The summed E-state index contributed by atoms with van der Waals surface area (Å²) < 4.78 is 0. The maximum Gasteiger partial charge on any atom is 0.318 e. The Morgan fingerprint density at radius 3 is 2.07 bits per heavy atom. The Morgan fingerprint density at radius 2 is 1.56 bits per heavy atom. The summed E-state index contributed by atoms with van der Waals surface area (Å²) in [4.78, 5) is 41.6. The molecule has 0 fully saturated rings. The van der Waals surface area contributed by atoms with Crippen molar-refractivity contribution in [1.82, 2.24) is 5.43 Å². The number of hydrogen-bond acceptors (Lipinski definition) is 9. The van der Waals surface area contributed by atoms with Crippen LogP contribution in [0.1, 0.15) is 15.9 Å². The highest BCUT2D eigenvalue weighted by atomic mass is 16.6. The van der Waals surface area contributed by atoms with Crippen molar-refractivity contribution in [2.24, 2.45) is 5.10 Å². The Hall–Kier alpha value is -4.42. The summed E-state index contributed by atoms with van der Waals surface area (Å²) in [7, 11) is 0. The molecule has 0 saturated carbocycles. The standard InChI is InChI=1S/C14H9N5O8/c20-13-11(5-10(18(24)25)6-12(13)19(26)27)14(21)16-15-7-8-1-3-9(4-2-8)17(22)23/h1-7,20H,(H,16,21). The van der Waals surface area contributed by atoms with Crippen LogP contribution < -0.4 is 5.43 Å². The molecule has 0 radical (unpaired) electrons. The molecule has 2 N–H and O–H groups in total. The number of amides is 1. The van der Waals surface area contributed by atoms with Gasteiger partial charge in [-0.15, -0.1) is 0 Å². The van der Waals surface area contributed by atoms with Crippen molar-refractivity contribution >= 4 is 29.2 Å². The first-order valence-corrected chi connectivity index (χ1v) is 6.94. The van der Waals surface area contributed by atoms with Gasteiger partial charge in [0.15, 0.2) is 0 Å². The molecule has 0 spiro atoms. The lowest BCUT2D eigenvalue weighted by Gasteiger charge is -2.04. The zero-order valence-corrected chi connectivity index (χ0v) is 13.1. The van der Waals surface area contributed by atoms with Gasteiger partial charge in [0, 0.05) is 18.2 Å². The average molecular weight is 375 g/mol. The summed E-state index contributed by atoms with van der Waals surface area (Å²) in [5.74, 6) is -2.17. The van der Waals surface area contributed by atoms with Crippen LogP contribution >= 0.6 is 0 Å². The molecule has 138 valence electrons. The fourth-order valence-electron chi connectivity index (χ4n) is 1.93. The maximum absolute atomic E-state index is 12.0. The Kier molecular flexibility index (Phi) is 5.35. The topological polar surface area (TPSA) is 191 Å². The van der Waals surface area contributed by atoms with Crippen LogP contribution in [0.4, 0.5) is 17.1 Å². The van der Waals surface area contributed by atoms with Crippen molar-refractivity contribution in [3.63, 3.8) is 0 Å². The van der Waals surface area contributed by atoms with Gasteiger partial charge in [-0.1, -0.05) is 0 Å². The molecule has 2 aromatic carbocycles. The van der Waals surface area contributed by atoms with Crippen LogP contribution in [-0.4, -0.2) is 32.0 Å². The average Bonchev–Trinajstić information content (AvgIpc) is 2.61. The predicted molar refractivity (Wildman–Crippen MR) is 89.6 cm³/mol. The van der Waals surface area contributed by atoms with Gasteiger partial charge < -0.3 is 5.11 Å². The van der Waals surface area contributed by atoms with Crippen molar-refractivity contribution in [3.8, 4) is 5.75 Å². The van der Waals surface area contributed by atoms with Crippen LogP contribution in [0.25, 0.3) is 0 Å². The number of nitro groups is 3. The SMILES string of the molecule is O=C(NN=Cc1ccc([N+](=O)[O-])cc1)c1cc([N+](=O)[O-])cc([N+](=O)[O-])c1O. The number of rotatable bonds is 6. The van der Waals surface area contributed by atoms with Gasteiger partial charge in [-0.3, -0.25) is 35.1 Å². The van der Waals surface area contributed by atoms with Gasteiger partial charge in [0.05, 0.1) is 32.6 Å². The summed E-state index contributed by atoms with van der Waals surface area (Å²) in [6, 6.07) is 6.30. The Morgan fingerprint density at radius 1 is 0.963 bits per heavy atom. The van der Waals surface area contributed by atoms with Crippen molar-refractivity contribution in [2.45, 2.75) is 0 Å². The van der Waals surface area contributed by atoms with Gasteiger partial charge in [0.2, 0.25) is 5.75 Å². The van der Waals surface area contributed by atoms with E-state index in [1.54, 1.807) is 0 Å². The van der Waals surface area contributed by atoms with Gasteiger partial charge >= 0.3 is 5.69 Å². The Bertz CT molecular complexity index is 970. The number of phenols is 1. The number of aromatic hydroxyl groups is 1. The molecule has 0 heterocycles. The predicted octanol–water partition coefficient (Wildman–Crippen LogP) is 1.88. The molecule has 0 unspecified atom stereocenters. The molecule has 2 aromatic rings. The first-order valence-electron chi connectivity index (χ1n) is 6.94. The van der Waals surface area contributed by atoms with Crippen molar-refractivity contribution < 1.29 is 24.7 Å². The number of non-ortho nitro benzene ring substituents is 2. The monoisotopic (exact) mass is 375 g/mol. The van der Waals surface area contributed by atoms with E-state index in [-0.39, 0.29) is 5.69 Å². The molecule has 13 nitrogen and oxygen atoms in total. The minimum atomic E-state index is -1.13. The van der Waals surface area contributed by atoms with Crippen LogP contribution in [0.5, 0.6) is 5.75 Å². The summed E-state index contributed by atoms with van der Waals surface area (Å²) in [5.41, 5.74) is -0.292. The molecule has 0 aromatic heterocycles. The molecule has 27 heavy (non-hydrogen) atoms. The van der Waals surface area contributed by atoms with E-state index < -0.39 is 43.4 Å². The second-order valence-electron chi connectivity index (χ2n) is 4.92. The van der Waals surface area contributed by atoms with Gasteiger partial charge in [0.1, 0.15) is 0 Å². The quantitative estimate of drug-likeness (QED) is 0.434. The molecule has 0 bridgehead atoms. The lowest BCUT2D eigenvalue weighted by atomic mass is 10.1. The zero-order valence-electron chi connectivity index (χ0n) is 13.1. The summed E-state index contributed by atoms with van der Waals surface area (Å²) >= 11 is 0. The number of carbonyl (C=O) groups excluding carboxylic acids is 1. The molecule has 13 heteroatoms. The Balaban J connectivity index is 2.23. The molecular weight excluding hydrogens is 366 g/mol. The van der Waals surface area contributed by atoms with Crippen LogP contribution in [0.15, 0.2) is 41.5 Å². The first-order chi connectivity index (χ1) is 12.7. The van der Waals surface area contributed by atoms with Gasteiger partial charge in [0.25, 0.3) is 17.3 Å². The minimum absolute atomic E-state index is 0.148. The smallest absolute Gasteiger partial charge is 0.318 e. The van der Waals surface area contributed by atoms with Crippen LogP contribution in [0, 0.1) is 30.3 Å². The fourth-order valence-corrected chi connectivity index (χ4v) is 1.93.